The molecule has 1 saturated heterocycles. The van der Waals surface area contributed by atoms with Crippen molar-refractivity contribution in [3.8, 4) is 0 Å². The molecule has 2 fully saturated rings. The smallest absolute Gasteiger partial charge is 0.227 e. The van der Waals surface area contributed by atoms with Gasteiger partial charge >= 0.3 is 0 Å². The highest BCUT2D eigenvalue weighted by atomic mass is 16.2. The molecule has 0 spiro atoms. The van der Waals surface area contributed by atoms with E-state index < -0.39 is 0 Å². The van der Waals surface area contributed by atoms with Gasteiger partial charge in [0.25, 0.3) is 0 Å². The normalized spacial score (nSPS) is 22.8. The number of amides is 3. The average Bonchev–Trinajstić information content (AvgIpc) is 2.74. The number of rotatable bonds is 5. The molecule has 2 aliphatic rings. The van der Waals surface area contributed by atoms with Crippen molar-refractivity contribution in [1.82, 2.24) is 4.90 Å². The van der Waals surface area contributed by atoms with Crippen LogP contribution >= 0.6 is 0 Å². The molecule has 1 aromatic carbocycles. The highest BCUT2D eigenvalue weighted by molar-refractivity contribution is 5.93. The van der Waals surface area contributed by atoms with Gasteiger partial charge in [0.15, 0.2) is 0 Å². The van der Waals surface area contributed by atoms with E-state index in [1.165, 1.54) is 0 Å². The summed E-state index contributed by atoms with van der Waals surface area (Å²) in [5.74, 6) is -0.00779. The zero-order chi connectivity index (χ0) is 21.0. The van der Waals surface area contributed by atoms with Crippen LogP contribution in [0.2, 0.25) is 0 Å². The maximum absolute atomic E-state index is 12.6. The minimum atomic E-state index is -0.206. The molecule has 0 unspecified atom stereocenters. The van der Waals surface area contributed by atoms with Crippen LogP contribution < -0.4 is 16.0 Å². The average molecular weight is 401 g/mol. The fraction of sp³-hybridized carbons (Fsp3) is 0.591. The first kappa shape index (κ1) is 21.1. The van der Waals surface area contributed by atoms with E-state index in [9.17, 15) is 14.4 Å². The number of carbonyl (C=O) groups is 3. The summed E-state index contributed by atoms with van der Waals surface area (Å²) in [4.78, 5) is 39.9. The van der Waals surface area contributed by atoms with Gasteiger partial charge in [0.2, 0.25) is 17.7 Å². The molecule has 158 valence electrons. The van der Waals surface area contributed by atoms with Crippen LogP contribution in [0.1, 0.15) is 38.5 Å². The lowest BCUT2D eigenvalue weighted by atomic mass is 9.81. The molecule has 1 heterocycles. The van der Waals surface area contributed by atoms with Gasteiger partial charge in [-0.05, 0) is 62.8 Å². The summed E-state index contributed by atoms with van der Waals surface area (Å²) < 4.78 is 0. The molecule has 29 heavy (non-hydrogen) atoms. The fourth-order valence-electron chi connectivity index (χ4n) is 4.39. The molecule has 3 N–H and O–H groups in total. The molecule has 3 rings (SSSR count). The van der Waals surface area contributed by atoms with Crippen molar-refractivity contribution >= 4 is 29.1 Å². The molecule has 0 radical (unpaired) electrons. The summed E-state index contributed by atoms with van der Waals surface area (Å²) in [7, 11) is 3.56. The molecule has 1 aromatic rings. The SMILES string of the molecule is CN(C)C(=O)C1CCC(C(=O)Nc2ccc(N3CCC(C(N)=O)CC3)cc2)CC1. The summed E-state index contributed by atoms with van der Waals surface area (Å²) in [6.45, 7) is 1.63. The molecule has 0 atom stereocenters. The van der Waals surface area contributed by atoms with Gasteiger partial charge in [0, 0.05) is 56.3 Å². The van der Waals surface area contributed by atoms with Gasteiger partial charge in [-0.2, -0.15) is 0 Å². The number of hydrogen-bond acceptors (Lipinski definition) is 4. The lowest BCUT2D eigenvalue weighted by molar-refractivity contribution is -0.135. The number of anilines is 2. The Bertz CT molecular complexity index is 731. The lowest BCUT2D eigenvalue weighted by Gasteiger charge is -2.32. The Kier molecular flexibility index (Phi) is 6.77. The monoisotopic (exact) mass is 400 g/mol. The van der Waals surface area contributed by atoms with Gasteiger partial charge < -0.3 is 20.9 Å². The van der Waals surface area contributed by atoms with Crippen LogP contribution in [0.3, 0.4) is 0 Å². The second-order valence-electron chi connectivity index (χ2n) is 8.48. The van der Waals surface area contributed by atoms with Gasteiger partial charge in [-0.15, -0.1) is 0 Å². The quantitative estimate of drug-likeness (QED) is 0.792. The molecule has 1 saturated carbocycles. The van der Waals surface area contributed by atoms with Crippen LogP contribution in [-0.4, -0.2) is 49.8 Å². The van der Waals surface area contributed by atoms with Crippen molar-refractivity contribution in [3.05, 3.63) is 24.3 Å². The Labute approximate surface area is 172 Å². The van der Waals surface area contributed by atoms with E-state index in [2.05, 4.69) is 10.2 Å². The lowest BCUT2D eigenvalue weighted by Crippen LogP contribution is -2.38. The Morgan fingerprint density at radius 1 is 0.897 bits per heavy atom. The van der Waals surface area contributed by atoms with E-state index in [-0.39, 0.29) is 35.5 Å². The second kappa shape index (κ2) is 9.29. The Hall–Kier alpha value is -2.57. The van der Waals surface area contributed by atoms with Crippen LogP contribution in [0.15, 0.2) is 24.3 Å². The number of benzene rings is 1. The van der Waals surface area contributed by atoms with Crippen molar-refractivity contribution in [1.29, 1.82) is 0 Å². The first-order chi connectivity index (χ1) is 13.8. The number of carbonyl (C=O) groups excluding carboxylic acids is 3. The number of nitrogens with one attached hydrogen (secondary N) is 1. The van der Waals surface area contributed by atoms with Crippen LogP contribution in [0.4, 0.5) is 11.4 Å². The van der Waals surface area contributed by atoms with Crippen molar-refractivity contribution in [2.45, 2.75) is 38.5 Å². The molecule has 0 bridgehead atoms. The summed E-state index contributed by atoms with van der Waals surface area (Å²) >= 11 is 0. The van der Waals surface area contributed by atoms with Gasteiger partial charge in [0.05, 0.1) is 0 Å². The summed E-state index contributed by atoms with van der Waals surface area (Å²) in [5, 5.41) is 3.02. The second-order valence-corrected chi connectivity index (χ2v) is 8.48. The largest absolute Gasteiger partial charge is 0.371 e. The number of hydrogen-bond donors (Lipinski definition) is 2. The minimum absolute atomic E-state index is 0.0204. The first-order valence-electron chi connectivity index (χ1n) is 10.5. The Balaban J connectivity index is 1.48. The van der Waals surface area contributed by atoms with Crippen molar-refractivity contribution in [2.24, 2.45) is 23.5 Å². The molecule has 3 amide bonds. The minimum Gasteiger partial charge on any atom is -0.371 e. The highest BCUT2D eigenvalue weighted by Gasteiger charge is 2.30. The number of piperidine rings is 1. The molecule has 0 aromatic heterocycles. The van der Waals surface area contributed by atoms with Crippen molar-refractivity contribution in [2.75, 3.05) is 37.4 Å². The van der Waals surface area contributed by atoms with Crippen LogP contribution in [0, 0.1) is 17.8 Å². The predicted octanol–water partition coefficient (Wildman–Crippen LogP) is 2.22. The van der Waals surface area contributed by atoms with Gasteiger partial charge in [-0.3, -0.25) is 14.4 Å². The molecule has 7 heteroatoms. The molecule has 1 aliphatic heterocycles. The van der Waals surface area contributed by atoms with E-state index in [0.717, 1.165) is 63.0 Å². The first-order valence-corrected chi connectivity index (χ1v) is 10.5. The third kappa shape index (κ3) is 5.28. The van der Waals surface area contributed by atoms with Crippen LogP contribution in [0.5, 0.6) is 0 Å². The van der Waals surface area contributed by atoms with E-state index in [0.29, 0.717) is 0 Å². The van der Waals surface area contributed by atoms with E-state index >= 15 is 0 Å². The van der Waals surface area contributed by atoms with Gasteiger partial charge in [0.1, 0.15) is 0 Å². The van der Waals surface area contributed by atoms with Gasteiger partial charge in [-0.25, -0.2) is 0 Å². The number of nitrogens with zero attached hydrogens (tertiary/aromatic N) is 2. The Morgan fingerprint density at radius 2 is 1.45 bits per heavy atom. The summed E-state index contributed by atoms with van der Waals surface area (Å²) in [6, 6.07) is 7.86. The third-order valence-corrected chi connectivity index (χ3v) is 6.29. The number of primary amides is 1. The van der Waals surface area contributed by atoms with Gasteiger partial charge in [-0.1, -0.05) is 0 Å². The fourth-order valence-corrected chi connectivity index (χ4v) is 4.39. The zero-order valence-corrected chi connectivity index (χ0v) is 17.4. The number of nitrogens with two attached hydrogens (primary N) is 1. The molecular formula is C22H32N4O3. The van der Waals surface area contributed by atoms with E-state index in [4.69, 9.17) is 5.73 Å². The maximum Gasteiger partial charge on any atom is 0.227 e. The Morgan fingerprint density at radius 3 is 1.97 bits per heavy atom. The highest BCUT2D eigenvalue weighted by Crippen LogP contribution is 2.31. The third-order valence-electron chi connectivity index (χ3n) is 6.29. The topological polar surface area (TPSA) is 95.7 Å². The van der Waals surface area contributed by atoms with Crippen LogP contribution in [0.25, 0.3) is 0 Å². The maximum atomic E-state index is 12.6. The molecular weight excluding hydrogens is 368 g/mol. The van der Waals surface area contributed by atoms with Crippen molar-refractivity contribution < 1.29 is 14.4 Å². The molecule has 7 nitrogen and oxygen atoms in total. The summed E-state index contributed by atoms with van der Waals surface area (Å²) in [5.41, 5.74) is 7.28. The van der Waals surface area contributed by atoms with E-state index in [1.54, 1.807) is 19.0 Å². The van der Waals surface area contributed by atoms with Crippen molar-refractivity contribution in [3.63, 3.8) is 0 Å². The zero-order valence-electron chi connectivity index (χ0n) is 17.4. The van der Waals surface area contributed by atoms with Crippen LogP contribution in [-0.2, 0) is 14.4 Å². The summed E-state index contributed by atoms with van der Waals surface area (Å²) in [6.07, 6.45) is 4.62. The van der Waals surface area contributed by atoms with E-state index in [1.807, 2.05) is 24.3 Å². The molecule has 1 aliphatic carbocycles. The standard InChI is InChI=1S/C22H32N4O3/c1-25(2)22(29)17-5-3-16(4-6-17)21(28)24-18-7-9-19(10-8-18)26-13-11-15(12-14-26)20(23)27/h7-10,15-17H,3-6,11-14H2,1-2H3,(H2,23,27)(H,24,28). The predicted molar refractivity (Wildman–Crippen MR) is 113 cm³/mol.